The average Bonchev–Trinajstić information content (AvgIpc) is 3.11. The van der Waals surface area contributed by atoms with Crippen LogP contribution in [0.4, 0.5) is 0 Å². The molecule has 0 fully saturated rings. The fourth-order valence-electron chi connectivity index (χ4n) is 2.83. The van der Waals surface area contributed by atoms with Crippen LogP contribution in [-0.2, 0) is 13.0 Å². The van der Waals surface area contributed by atoms with Crippen molar-refractivity contribution >= 4 is 22.9 Å². The van der Waals surface area contributed by atoms with Crippen molar-refractivity contribution in [2.75, 3.05) is 6.79 Å². The molecule has 0 radical (unpaired) electrons. The SMILES string of the molecule is Clc1cc2c(s1)CCC2NCc1ccc2c(c1)OCO2. The number of ether oxygens (including phenoxy) is 2. The van der Waals surface area contributed by atoms with Crippen molar-refractivity contribution in [3.8, 4) is 11.5 Å². The fraction of sp³-hybridized carbons (Fsp3) is 0.333. The molecule has 0 spiro atoms. The highest BCUT2D eigenvalue weighted by Gasteiger charge is 2.24. The highest BCUT2D eigenvalue weighted by Crippen LogP contribution is 2.39. The number of aryl methyl sites for hydroxylation is 1. The molecule has 2 heterocycles. The van der Waals surface area contributed by atoms with Crippen molar-refractivity contribution in [2.45, 2.75) is 25.4 Å². The number of halogens is 1. The van der Waals surface area contributed by atoms with Crippen LogP contribution in [0.15, 0.2) is 24.3 Å². The molecular weight excluding hydrogens is 294 g/mol. The zero-order valence-electron chi connectivity index (χ0n) is 10.8. The van der Waals surface area contributed by atoms with E-state index in [2.05, 4.69) is 17.4 Å². The summed E-state index contributed by atoms with van der Waals surface area (Å²) in [6.45, 7) is 1.15. The number of hydrogen-bond donors (Lipinski definition) is 1. The molecule has 3 nitrogen and oxygen atoms in total. The van der Waals surface area contributed by atoms with Gasteiger partial charge in [-0.15, -0.1) is 11.3 Å². The van der Waals surface area contributed by atoms with Crippen LogP contribution in [-0.4, -0.2) is 6.79 Å². The Morgan fingerprint density at radius 2 is 2.15 bits per heavy atom. The minimum absolute atomic E-state index is 0.325. The predicted molar refractivity (Wildman–Crippen MR) is 79.8 cm³/mol. The van der Waals surface area contributed by atoms with Crippen LogP contribution in [0.3, 0.4) is 0 Å². The topological polar surface area (TPSA) is 30.5 Å². The van der Waals surface area contributed by atoms with Gasteiger partial charge in [0.05, 0.1) is 4.34 Å². The molecule has 1 aromatic carbocycles. The zero-order valence-corrected chi connectivity index (χ0v) is 12.4. The van der Waals surface area contributed by atoms with Gasteiger partial charge in [0.1, 0.15) is 0 Å². The maximum absolute atomic E-state index is 6.09. The molecule has 0 saturated carbocycles. The lowest BCUT2D eigenvalue weighted by atomic mass is 10.1. The predicted octanol–water partition coefficient (Wildman–Crippen LogP) is 3.91. The number of hydrogen-bond acceptors (Lipinski definition) is 4. The Bertz CT molecular complexity index is 655. The molecule has 0 saturated heterocycles. The van der Waals surface area contributed by atoms with Gasteiger partial charge in [0.15, 0.2) is 11.5 Å². The van der Waals surface area contributed by atoms with E-state index in [1.165, 1.54) is 16.0 Å². The van der Waals surface area contributed by atoms with Crippen molar-refractivity contribution in [3.05, 3.63) is 44.6 Å². The quantitative estimate of drug-likeness (QED) is 0.932. The minimum atomic E-state index is 0.325. The molecule has 1 atom stereocenters. The Morgan fingerprint density at radius 3 is 3.10 bits per heavy atom. The van der Waals surface area contributed by atoms with Gasteiger partial charge in [-0.3, -0.25) is 0 Å². The maximum atomic E-state index is 6.09. The summed E-state index contributed by atoms with van der Waals surface area (Å²) in [5, 5.41) is 3.61. The van der Waals surface area contributed by atoms with E-state index in [9.17, 15) is 0 Å². The second kappa shape index (κ2) is 4.95. The number of fused-ring (bicyclic) bond motifs is 2. The fourth-order valence-corrected chi connectivity index (χ4v) is 4.19. The molecule has 1 N–H and O–H groups in total. The normalized spacial score (nSPS) is 19.4. The van der Waals surface area contributed by atoms with Crippen LogP contribution in [0.25, 0.3) is 0 Å². The summed E-state index contributed by atoms with van der Waals surface area (Å²) in [7, 11) is 0. The first-order valence-electron chi connectivity index (χ1n) is 6.69. The number of rotatable bonds is 3. The average molecular weight is 308 g/mol. The van der Waals surface area contributed by atoms with Gasteiger partial charge in [-0.1, -0.05) is 17.7 Å². The third-order valence-corrected chi connectivity index (χ3v) is 5.18. The summed E-state index contributed by atoms with van der Waals surface area (Å²) >= 11 is 7.79. The Hall–Kier alpha value is -1.23. The van der Waals surface area contributed by atoms with Gasteiger partial charge in [0.2, 0.25) is 6.79 Å². The van der Waals surface area contributed by atoms with E-state index in [1.807, 2.05) is 12.1 Å². The van der Waals surface area contributed by atoms with E-state index in [0.29, 0.717) is 12.8 Å². The van der Waals surface area contributed by atoms with Crippen molar-refractivity contribution in [1.29, 1.82) is 0 Å². The third kappa shape index (κ3) is 2.18. The number of thiophene rings is 1. The number of benzene rings is 1. The van der Waals surface area contributed by atoms with E-state index in [4.69, 9.17) is 21.1 Å². The van der Waals surface area contributed by atoms with Gasteiger partial charge < -0.3 is 14.8 Å². The summed E-state index contributed by atoms with van der Waals surface area (Å²) < 4.78 is 11.6. The summed E-state index contributed by atoms with van der Waals surface area (Å²) in [4.78, 5) is 1.43. The highest BCUT2D eigenvalue weighted by atomic mass is 35.5. The van der Waals surface area contributed by atoms with Crippen molar-refractivity contribution in [1.82, 2.24) is 5.32 Å². The van der Waals surface area contributed by atoms with E-state index >= 15 is 0 Å². The van der Waals surface area contributed by atoms with E-state index in [1.54, 1.807) is 11.3 Å². The highest BCUT2D eigenvalue weighted by molar-refractivity contribution is 7.16. The van der Waals surface area contributed by atoms with Gasteiger partial charge in [-0.25, -0.2) is 0 Å². The molecule has 104 valence electrons. The maximum Gasteiger partial charge on any atom is 0.231 e. The van der Waals surface area contributed by atoms with Gasteiger partial charge in [0, 0.05) is 17.5 Å². The molecule has 4 rings (SSSR count). The van der Waals surface area contributed by atoms with Crippen molar-refractivity contribution < 1.29 is 9.47 Å². The van der Waals surface area contributed by atoms with Gasteiger partial charge in [0.25, 0.3) is 0 Å². The molecule has 20 heavy (non-hydrogen) atoms. The Morgan fingerprint density at radius 1 is 1.25 bits per heavy atom. The molecule has 2 aliphatic rings. The smallest absolute Gasteiger partial charge is 0.231 e. The van der Waals surface area contributed by atoms with Crippen LogP contribution in [0.1, 0.15) is 28.5 Å². The van der Waals surface area contributed by atoms with E-state index < -0.39 is 0 Å². The van der Waals surface area contributed by atoms with E-state index in [-0.39, 0.29) is 0 Å². The summed E-state index contributed by atoms with van der Waals surface area (Å²) in [5.74, 6) is 1.68. The van der Waals surface area contributed by atoms with Crippen LogP contribution in [0, 0.1) is 0 Å². The first-order valence-corrected chi connectivity index (χ1v) is 7.89. The van der Waals surface area contributed by atoms with Gasteiger partial charge in [-0.2, -0.15) is 0 Å². The van der Waals surface area contributed by atoms with Crippen molar-refractivity contribution in [2.24, 2.45) is 0 Å². The lowest BCUT2D eigenvalue weighted by molar-refractivity contribution is 0.174. The Labute approximate surface area is 126 Å². The molecule has 1 aliphatic carbocycles. The Kier molecular flexibility index (Phi) is 3.10. The molecule has 1 aromatic heterocycles. The molecule has 2 aromatic rings. The van der Waals surface area contributed by atoms with Gasteiger partial charge >= 0.3 is 0 Å². The van der Waals surface area contributed by atoms with Crippen LogP contribution in [0.5, 0.6) is 11.5 Å². The summed E-state index contributed by atoms with van der Waals surface area (Å²) in [5.41, 5.74) is 2.59. The number of nitrogens with one attached hydrogen (secondary N) is 1. The lowest BCUT2D eigenvalue weighted by Gasteiger charge is -2.13. The molecule has 5 heteroatoms. The van der Waals surface area contributed by atoms with Crippen LogP contribution in [0.2, 0.25) is 4.34 Å². The first-order chi connectivity index (χ1) is 9.79. The first kappa shape index (κ1) is 12.5. The van der Waals surface area contributed by atoms with E-state index in [0.717, 1.165) is 35.2 Å². The molecule has 0 amide bonds. The molecule has 1 unspecified atom stereocenters. The zero-order chi connectivity index (χ0) is 13.5. The van der Waals surface area contributed by atoms with Crippen LogP contribution < -0.4 is 14.8 Å². The minimum Gasteiger partial charge on any atom is -0.454 e. The van der Waals surface area contributed by atoms with Gasteiger partial charge in [-0.05, 0) is 42.2 Å². The van der Waals surface area contributed by atoms with Crippen molar-refractivity contribution in [3.63, 3.8) is 0 Å². The standard InChI is InChI=1S/C15H14ClNO2S/c16-15-6-10-11(2-4-14(10)20-15)17-7-9-1-3-12-13(5-9)19-8-18-12/h1,3,5-6,11,17H,2,4,7-8H2. The molecule has 1 aliphatic heterocycles. The van der Waals surface area contributed by atoms with Crippen LogP contribution >= 0.6 is 22.9 Å². The Balaban J connectivity index is 1.46. The molecule has 0 bridgehead atoms. The second-order valence-electron chi connectivity index (χ2n) is 5.09. The lowest BCUT2D eigenvalue weighted by Crippen LogP contribution is -2.18. The monoisotopic (exact) mass is 307 g/mol. The second-order valence-corrected chi connectivity index (χ2v) is 6.86. The largest absolute Gasteiger partial charge is 0.454 e. The summed E-state index contributed by atoms with van der Waals surface area (Å²) in [6.07, 6.45) is 2.29. The summed E-state index contributed by atoms with van der Waals surface area (Å²) in [6, 6.07) is 8.62. The third-order valence-electron chi connectivity index (χ3n) is 3.84. The molecular formula is C15H14ClNO2S.